The lowest BCUT2D eigenvalue weighted by Gasteiger charge is -2.31. The van der Waals surface area contributed by atoms with E-state index in [9.17, 15) is 18.0 Å². The van der Waals surface area contributed by atoms with Crippen molar-refractivity contribution < 1.29 is 22.7 Å². The summed E-state index contributed by atoms with van der Waals surface area (Å²) >= 11 is 0. The van der Waals surface area contributed by atoms with Gasteiger partial charge in [0.2, 0.25) is 21.8 Å². The number of nitrogens with zero attached hydrogens (tertiary/aromatic N) is 1. The maximum Gasteiger partial charge on any atom is 0.243 e. The van der Waals surface area contributed by atoms with Crippen LogP contribution in [-0.2, 0) is 19.6 Å². The Hall–Kier alpha value is -2.91. The summed E-state index contributed by atoms with van der Waals surface area (Å²) in [6.07, 6.45) is 1.48. The molecule has 0 spiro atoms. The number of carbonyl (C=O) groups is 2. The SMILES string of the molecule is COc1ccc(C(CC(=O)NCC2CCN(S(=O)(=O)c3ccccc3)CC2)NC(C)=O)cc1. The number of rotatable bonds is 9. The van der Waals surface area contributed by atoms with Crippen LogP contribution in [0.2, 0.25) is 0 Å². The third-order valence-corrected chi connectivity index (χ3v) is 7.74. The summed E-state index contributed by atoms with van der Waals surface area (Å²) in [4.78, 5) is 24.5. The summed E-state index contributed by atoms with van der Waals surface area (Å²) in [5.74, 6) is 0.529. The fourth-order valence-electron chi connectivity index (χ4n) is 3.94. The molecular weight excluding hydrogens is 442 g/mol. The first-order valence-electron chi connectivity index (χ1n) is 11.0. The van der Waals surface area contributed by atoms with E-state index in [4.69, 9.17) is 4.74 Å². The molecule has 178 valence electrons. The summed E-state index contributed by atoms with van der Waals surface area (Å²) in [5.41, 5.74) is 0.820. The highest BCUT2D eigenvalue weighted by atomic mass is 32.2. The van der Waals surface area contributed by atoms with Gasteiger partial charge in [-0.25, -0.2) is 8.42 Å². The summed E-state index contributed by atoms with van der Waals surface area (Å²) < 4.78 is 32.2. The van der Waals surface area contributed by atoms with Gasteiger partial charge in [-0.1, -0.05) is 30.3 Å². The highest BCUT2D eigenvalue weighted by Gasteiger charge is 2.29. The van der Waals surface area contributed by atoms with Crippen LogP contribution in [0.4, 0.5) is 0 Å². The molecule has 1 aliphatic rings. The average Bonchev–Trinajstić information content (AvgIpc) is 2.83. The van der Waals surface area contributed by atoms with Crippen molar-refractivity contribution in [1.82, 2.24) is 14.9 Å². The molecule has 1 saturated heterocycles. The molecule has 2 aromatic rings. The molecule has 1 fully saturated rings. The molecule has 1 aliphatic heterocycles. The Balaban J connectivity index is 1.50. The topological polar surface area (TPSA) is 105 Å². The van der Waals surface area contributed by atoms with Crippen LogP contribution in [0.5, 0.6) is 5.75 Å². The van der Waals surface area contributed by atoms with E-state index in [1.165, 1.54) is 11.2 Å². The highest BCUT2D eigenvalue weighted by molar-refractivity contribution is 7.89. The molecule has 0 saturated carbocycles. The van der Waals surface area contributed by atoms with Crippen molar-refractivity contribution in [3.8, 4) is 5.75 Å². The standard InChI is InChI=1S/C24H31N3O5S/c1-18(28)26-23(20-8-10-21(32-2)11-9-20)16-24(29)25-17-19-12-14-27(15-13-19)33(30,31)22-6-4-3-5-7-22/h3-11,19,23H,12-17H2,1-2H3,(H,25,29)(H,26,28). The first-order chi connectivity index (χ1) is 15.8. The number of piperidine rings is 1. The number of hydrogen-bond acceptors (Lipinski definition) is 5. The second kappa shape index (κ2) is 11.3. The maximum absolute atomic E-state index is 12.8. The Morgan fingerprint density at radius 3 is 2.27 bits per heavy atom. The van der Waals surface area contributed by atoms with Crippen LogP contribution in [0.1, 0.15) is 37.8 Å². The zero-order valence-corrected chi connectivity index (χ0v) is 19.8. The van der Waals surface area contributed by atoms with Crippen molar-refractivity contribution in [2.45, 2.75) is 37.1 Å². The van der Waals surface area contributed by atoms with E-state index in [0.29, 0.717) is 43.1 Å². The lowest BCUT2D eigenvalue weighted by Crippen LogP contribution is -2.42. The molecule has 1 unspecified atom stereocenters. The number of benzene rings is 2. The van der Waals surface area contributed by atoms with Crippen LogP contribution in [0.3, 0.4) is 0 Å². The third-order valence-electron chi connectivity index (χ3n) is 5.83. The molecule has 33 heavy (non-hydrogen) atoms. The molecule has 2 N–H and O–H groups in total. The molecule has 1 atom stereocenters. The zero-order chi connectivity index (χ0) is 23.8. The van der Waals surface area contributed by atoms with E-state index >= 15 is 0 Å². The van der Waals surface area contributed by atoms with Crippen molar-refractivity contribution in [3.05, 3.63) is 60.2 Å². The number of nitrogens with one attached hydrogen (secondary N) is 2. The fraction of sp³-hybridized carbons (Fsp3) is 0.417. The highest BCUT2D eigenvalue weighted by Crippen LogP contribution is 2.24. The number of amides is 2. The van der Waals surface area contributed by atoms with Crippen LogP contribution in [0, 0.1) is 5.92 Å². The van der Waals surface area contributed by atoms with Gasteiger partial charge >= 0.3 is 0 Å². The molecule has 2 aromatic carbocycles. The van der Waals surface area contributed by atoms with E-state index in [0.717, 1.165) is 5.56 Å². The van der Waals surface area contributed by atoms with Gasteiger partial charge in [-0.05, 0) is 48.6 Å². The van der Waals surface area contributed by atoms with Crippen molar-refractivity contribution in [2.24, 2.45) is 5.92 Å². The average molecular weight is 474 g/mol. The van der Waals surface area contributed by atoms with Crippen LogP contribution in [0.25, 0.3) is 0 Å². The molecule has 9 heteroatoms. The molecule has 0 aliphatic carbocycles. The lowest BCUT2D eigenvalue weighted by molar-refractivity contribution is -0.123. The number of ether oxygens (including phenoxy) is 1. The summed E-state index contributed by atoms with van der Waals surface area (Å²) in [7, 11) is -1.90. The Kier molecular flexibility index (Phi) is 8.46. The minimum atomic E-state index is -3.48. The lowest BCUT2D eigenvalue weighted by atomic mass is 9.98. The maximum atomic E-state index is 12.8. The predicted molar refractivity (Wildman–Crippen MR) is 125 cm³/mol. The van der Waals surface area contributed by atoms with Gasteiger partial charge in [0.05, 0.1) is 24.5 Å². The van der Waals surface area contributed by atoms with Gasteiger partial charge in [0.15, 0.2) is 0 Å². The van der Waals surface area contributed by atoms with Gasteiger partial charge in [0, 0.05) is 26.6 Å². The number of methoxy groups -OCH3 is 1. The molecule has 8 nitrogen and oxygen atoms in total. The van der Waals surface area contributed by atoms with E-state index in [2.05, 4.69) is 10.6 Å². The van der Waals surface area contributed by atoms with Gasteiger partial charge in [-0.15, -0.1) is 0 Å². The molecule has 1 heterocycles. The summed E-state index contributed by atoms with van der Waals surface area (Å²) in [5, 5.41) is 5.78. The molecule has 0 bridgehead atoms. The first-order valence-corrected chi connectivity index (χ1v) is 12.5. The third kappa shape index (κ3) is 6.79. The molecule has 3 rings (SSSR count). The van der Waals surface area contributed by atoms with Gasteiger partial charge in [0.25, 0.3) is 0 Å². The van der Waals surface area contributed by atoms with Gasteiger partial charge in [0.1, 0.15) is 5.75 Å². The first kappa shape index (κ1) is 24.7. The van der Waals surface area contributed by atoms with E-state index in [1.54, 1.807) is 49.6 Å². The van der Waals surface area contributed by atoms with Crippen molar-refractivity contribution in [3.63, 3.8) is 0 Å². The van der Waals surface area contributed by atoms with Crippen LogP contribution in [-0.4, -0.2) is 51.3 Å². The van der Waals surface area contributed by atoms with Crippen molar-refractivity contribution >= 4 is 21.8 Å². The number of sulfonamides is 1. The molecule has 2 amide bonds. The number of carbonyl (C=O) groups excluding carboxylic acids is 2. The second-order valence-corrected chi connectivity index (χ2v) is 10.1. The van der Waals surface area contributed by atoms with Crippen LogP contribution >= 0.6 is 0 Å². The summed E-state index contributed by atoms with van der Waals surface area (Å²) in [6, 6.07) is 15.2. The quantitative estimate of drug-likeness (QED) is 0.582. The van der Waals surface area contributed by atoms with E-state index < -0.39 is 16.1 Å². The minimum Gasteiger partial charge on any atom is -0.497 e. The molecule has 0 aromatic heterocycles. The van der Waals surface area contributed by atoms with Crippen molar-refractivity contribution in [2.75, 3.05) is 26.7 Å². The van der Waals surface area contributed by atoms with Crippen molar-refractivity contribution in [1.29, 1.82) is 0 Å². The Bertz CT molecular complexity index is 1030. The van der Waals surface area contributed by atoms with E-state index in [-0.39, 0.29) is 24.2 Å². The minimum absolute atomic E-state index is 0.118. The predicted octanol–water partition coefficient (Wildman–Crippen LogP) is 2.48. The van der Waals surface area contributed by atoms with E-state index in [1.807, 2.05) is 12.1 Å². The van der Waals surface area contributed by atoms with Gasteiger partial charge < -0.3 is 15.4 Å². The summed E-state index contributed by atoms with van der Waals surface area (Å²) in [6.45, 7) is 2.76. The van der Waals surface area contributed by atoms with Gasteiger partial charge in [-0.2, -0.15) is 4.31 Å². The smallest absolute Gasteiger partial charge is 0.243 e. The van der Waals surface area contributed by atoms with Crippen LogP contribution in [0.15, 0.2) is 59.5 Å². The van der Waals surface area contributed by atoms with Crippen LogP contribution < -0.4 is 15.4 Å². The molecular formula is C24H31N3O5S. The molecule has 0 radical (unpaired) electrons. The Morgan fingerprint density at radius 2 is 1.70 bits per heavy atom. The fourth-order valence-corrected chi connectivity index (χ4v) is 5.44. The zero-order valence-electron chi connectivity index (χ0n) is 19.0. The monoisotopic (exact) mass is 473 g/mol. The normalized spacial score (nSPS) is 16.1. The second-order valence-electron chi connectivity index (χ2n) is 8.19. The largest absolute Gasteiger partial charge is 0.497 e. The van der Waals surface area contributed by atoms with Gasteiger partial charge in [-0.3, -0.25) is 9.59 Å². The number of hydrogen-bond donors (Lipinski definition) is 2. The Labute approximate surface area is 195 Å². The Morgan fingerprint density at radius 1 is 1.06 bits per heavy atom.